The summed E-state index contributed by atoms with van der Waals surface area (Å²) in [5.74, 6) is 1.40. The second kappa shape index (κ2) is 9.52. The van der Waals surface area contributed by atoms with E-state index in [1.54, 1.807) is 24.5 Å². The summed E-state index contributed by atoms with van der Waals surface area (Å²) in [6, 6.07) is 12.9. The third-order valence-corrected chi connectivity index (χ3v) is 5.70. The zero-order chi connectivity index (χ0) is 23.4. The molecule has 0 aliphatic carbocycles. The molecule has 3 aromatic rings. The molecule has 0 atom stereocenters. The van der Waals surface area contributed by atoms with Gasteiger partial charge in [-0.15, -0.1) is 0 Å². The highest BCUT2D eigenvalue weighted by atomic mass is 19.4. The normalized spacial score (nSPS) is 13.9. The van der Waals surface area contributed by atoms with Crippen molar-refractivity contribution in [3.05, 3.63) is 84.5 Å². The fourth-order valence-electron chi connectivity index (χ4n) is 3.90. The molecule has 4 rings (SSSR count). The highest BCUT2D eigenvalue weighted by Gasteiger charge is 2.31. The van der Waals surface area contributed by atoms with Crippen LogP contribution in [0.15, 0.2) is 73.3 Å². The molecule has 0 spiro atoms. The maximum atomic E-state index is 13.2. The topological polar surface area (TPSA) is 44.3 Å². The summed E-state index contributed by atoms with van der Waals surface area (Å²) in [5, 5.41) is 3.38. The Morgan fingerprint density at radius 3 is 2.64 bits per heavy atom. The first-order valence-corrected chi connectivity index (χ1v) is 10.8. The first-order valence-electron chi connectivity index (χ1n) is 10.8. The van der Waals surface area contributed by atoms with Crippen molar-refractivity contribution < 1.29 is 13.2 Å². The van der Waals surface area contributed by atoms with Crippen LogP contribution in [0.4, 0.5) is 24.7 Å². The van der Waals surface area contributed by atoms with Gasteiger partial charge in [-0.25, -0.2) is 4.98 Å². The summed E-state index contributed by atoms with van der Waals surface area (Å²) in [7, 11) is 1.99. The number of anilines is 2. The van der Waals surface area contributed by atoms with Gasteiger partial charge in [0.2, 0.25) is 0 Å². The van der Waals surface area contributed by atoms with Crippen molar-refractivity contribution in [3.8, 4) is 11.3 Å². The van der Waals surface area contributed by atoms with Crippen LogP contribution in [0, 0.1) is 0 Å². The Morgan fingerprint density at radius 1 is 1.09 bits per heavy atom. The van der Waals surface area contributed by atoms with E-state index in [9.17, 15) is 13.2 Å². The lowest BCUT2D eigenvalue weighted by Crippen LogP contribution is -2.33. The third-order valence-electron chi connectivity index (χ3n) is 5.70. The standard InChI is InChI=1S/C25H26F3N5/c1-18(30-14-11-19-9-12-29-13-10-19)33-16-4-15-32(2)23-8-7-22(31-24(23)33)20-5-3-6-21(17-20)25(26,27)28/h3,5-10,12-13,17,30H,1,4,11,14-16H2,2H3. The van der Waals surface area contributed by atoms with E-state index in [1.165, 1.54) is 11.6 Å². The van der Waals surface area contributed by atoms with Gasteiger partial charge in [-0.05, 0) is 54.8 Å². The van der Waals surface area contributed by atoms with Crippen LogP contribution in [0.3, 0.4) is 0 Å². The average Bonchev–Trinajstić information content (AvgIpc) is 2.97. The molecule has 1 aliphatic rings. The Morgan fingerprint density at radius 2 is 1.88 bits per heavy atom. The van der Waals surface area contributed by atoms with E-state index < -0.39 is 11.7 Å². The Labute approximate surface area is 191 Å². The second-order valence-electron chi connectivity index (χ2n) is 8.02. The SMILES string of the molecule is C=C(NCCc1ccncc1)N1CCCN(C)c2ccc(-c3cccc(C(F)(F)F)c3)nc21. The van der Waals surface area contributed by atoms with Crippen LogP contribution in [0.2, 0.25) is 0 Å². The Kier molecular flexibility index (Phi) is 6.53. The smallest absolute Gasteiger partial charge is 0.372 e. The van der Waals surface area contributed by atoms with Gasteiger partial charge in [0, 0.05) is 44.6 Å². The molecule has 0 fully saturated rings. The first-order chi connectivity index (χ1) is 15.8. The summed E-state index contributed by atoms with van der Waals surface area (Å²) in [6.45, 7) is 6.46. The molecule has 0 unspecified atom stereocenters. The number of benzene rings is 1. The van der Waals surface area contributed by atoms with Crippen molar-refractivity contribution >= 4 is 11.5 Å². The van der Waals surface area contributed by atoms with E-state index in [0.717, 1.165) is 37.2 Å². The number of alkyl halides is 3. The van der Waals surface area contributed by atoms with Crippen molar-refractivity contribution in [1.82, 2.24) is 15.3 Å². The zero-order valence-electron chi connectivity index (χ0n) is 18.4. The second-order valence-corrected chi connectivity index (χ2v) is 8.02. The van der Waals surface area contributed by atoms with Crippen LogP contribution in [0.25, 0.3) is 11.3 Å². The maximum absolute atomic E-state index is 13.2. The summed E-state index contributed by atoms with van der Waals surface area (Å²) in [4.78, 5) is 13.0. The van der Waals surface area contributed by atoms with Gasteiger partial charge in [-0.3, -0.25) is 4.98 Å². The molecule has 0 saturated heterocycles. The van der Waals surface area contributed by atoms with E-state index in [4.69, 9.17) is 4.98 Å². The van der Waals surface area contributed by atoms with Gasteiger partial charge in [0.1, 0.15) is 0 Å². The van der Waals surface area contributed by atoms with Crippen molar-refractivity contribution in [2.24, 2.45) is 0 Å². The number of fused-ring (bicyclic) bond motifs is 1. The number of nitrogens with zero attached hydrogens (tertiary/aromatic N) is 4. The van der Waals surface area contributed by atoms with Gasteiger partial charge in [-0.1, -0.05) is 18.7 Å². The molecule has 0 amide bonds. The lowest BCUT2D eigenvalue weighted by atomic mass is 10.1. The number of halogens is 3. The number of pyridine rings is 2. The van der Waals surface area contributed by atoms with Crippen molar-refractivity contribution in [1.29, 1.82) is 0 Å². The summed E-state index contributed by atoms with van der Waals surface area (Å²) in [5.41, 5.74) is 2.32. The molecule has 1 aliphatic heterocycles. The van der Waals surface area contributed by atoms with Gasteiger partial charge in [0.05, 0.1) is 22.8 Å². The first kappa shape index (κ1) is 22.6. The molecule has 1 aromatic carbocycles. The van der Waals surface area contributed by atoms with E-state index >= 15 is 0 Å². The van der Waals surface area contributed by atoms with Crippen LogP contribution in [0.5, 0.6) is 0 Å². The Hall–Kier alpha value is -3.55. The maximum Gasteiger partial charge on any atom is 0.416 e. The molecule has 2 aromatic heterocycles. The Balaban J connectivity index is 1.60. The molecule has 1 N–H and O–H groups in total. The van der Waals surface area contributed by atoms with Crippen molar-refractivity contribution in [3.63, 3.8) is 0 Å². The largest absolute Gasteiger partial charge is 0.416 e. The van der Waals surface area contributed by atoms with Gasteiger partial charge in [-0.2, -0.15) is 13.2 Å². The molecule has 0 bridgehead atoms. The highest BCUT2D eigenvalue weighted by molar-refractivity contribution is 5.74. The quantitative estimate of drug-likeness (QED) is 0.562. The molecule has 3 heterocycles. The van der Waals surface area contributed by atoms with Gasteiger partial charge in [0.25, 0.3) is 0 Å². The summed E-state index contributed by atoms with van der Waals surface area (Å²) in [6.07, 6.45) is 0.853. The predicted molar refractivity (Wildman–Crippen MR) is 125 cm³/mol. The fourth-order valence-corrected chi connectivity index (χ4v) is 3.90. The number of aromatic nitrogens is 2. The number of rotatable bonds is 6. The van der Waals surface area contributed by atoms with E-state index in [0.29, 0.717) is 36.0 Å². The summed E-state index contributed by atoms with van der Waals surface area (Å²) >= 11 is 0. The molecule has 0 radical (unpaired) electrons. The Bertz CT molecular complexity index is 1110. The van der Waals surface area contributed by atoms with Gasteiger partial charge >= 0.3 is 6.18 Å². The molecule has 5 nitrogen and oxygen atoms in total. The van der Waals surface area contributed by atoms with E-state index in [1.807, 2.05) is 30.1 Å². The van der Waals surface area contributed by atoms with E-state index in [2.05, 4.69) is 21.8 Å². The minimum absolute atomic E-state index is 0.427. The number of hydrogen-bond donors (Lipinski definition) is 1. The average molecular weight is 454 g/mol. The van der Waals surface area contributed by atoms with Crippen LogP contribution in [-0.2, 0) is 12.6 Å². The lowest BCUT2D eigenvalue weighted by molar-refractivity contribution is -0.137. The highest BCUT2D eigenvalue weighted by Crippen LogP contribution is 2.36. The lowest BCUT2D eigenvalue weighted by Gasteiger charge is -2.27. The molecule has 0 saturated carbocycles. The molecule has 172 valence electrons. The van der Waals surface area contributed by atoms with Gasteiger partial charge < -0.3 is 15.1 Å². The fraction of sp³-hybridized carbons (Fsp3) is 0.280. The number of hydrogen-bond acceptors (Lipinski definition) is 5. The van der Waals surface area contributed by atoms with Crippen LogP contribution >= 0.6 is 0 Å². The number of nitrogens with one attached hydrogen (secondary N) is 1. The third kappa shape index (κ3) is 5.27. The van der Waals surface area contributed by atoms with Crippen LogP contribution in [0.1, 0.15) is 17.5 Å². The molecular formula is C25H26F3N5. The monoisotopic (exact) mass is 453 g/mol. The van der Waals surface area contributed by atoms with E-state index in [-0.39, 0.29) is 0 Å². The molecule has 33 heavy (non-hydrogen) atoms. The molecular weight excluding hydrogens is 427 g/mol. The minimum atomic E-state index is -4.40. The predicted octanol–water partition coefficient (Wildman–Crippen LogP) is 5.11. The molecule has 8 heteroatoms. The van der Waals surface area contributed by atoms with Crippen LogP contribution < -0.4 is 15.1 Å². The van der Waals surface area contributed by atoms with Crippen LogP contribution in [-0.4, -0.2) is 36.6 Å². The minimum Gasteiger partial charge on any atom is -0.372 e. The van der Waals surface area contributed by atoms with Crippen molar-refractivity contribution in [2.45, 2.75) is 19.0 Å². The van der Waals surface area contributed by atoms with Gasteiger partial charge in [0.15, 0.2) is 5.82 Å². The zero-order valence-corrected chi connectivity index (χ0v) is 18.4. The van der Waals surface area contributed by atoms with Crippen molar-refractivity contribution in [2.75, 3.05) is 36.5 Å². The summed E-state index contributed by atoms with van der Waals surface area (Å²) < 4.78 is 39.6.